The van der Waals surface area contributed by atoms with Crippen LogP contribution in [0.2, 0.25) is 0 Å². The van der Waals surface area contributed by atoms with E-state index in [0.29, 0.717) is 12.8 Å². The summed E-state index contributed by atoms with van der Waals surface area (Å²) in [7, 11) is 0. The third-order valence-corrected chi connectivity index (χ3v) is 4.17. The maximum absolute atomic E-state index is 11.9. The molecular weight excluding hydrogens is 298 g/mol. The number of unbranched alkanes of at least 4 members (excludes halogenated alkanes) is 8. The summed E-state index contributed by atoms with van der Waals surface area (Å²) in [5.74, 6) is 1.85. The third-order valence-electron chi connectivity index (χ3n) is 4.17. The highest BCUT2D eigenvalue weighted by molar-refractivity contribution is 5.90. The first-order chi connectivity index (χ1) is 11.8. The van der Waals surface area contributed by atoms with Crippen molar-refractivity contribution in [1.29, 1.82) is 0 Å². The Bertz CT molecular complexity index is 501. The molecule has 0 unspecified atom stereocenters. The lowest BCUT2D eigenvalue weighted by molar-refractivity contribution is -0.116. The number of carbonyl (C=O) groups excluding carboxylic acids is 2. The molecule has 0 spiro atoms. The Morgan fingerprint density at radius 3 is 2.12 bits per heavy atom. The molecule has 0 heterocycles. The van der Waals surface area contributed by atoms with Crippen molar-refractivity contribution in [3.8, 4) is 0 Å². The third kappa shape index (κ3) is 10.0. The molecule has 0 atom stereocenters. The molecule has 1 rings (SSSR count). The summed E-state index contributed by atoms with van der Waals surface area (Å²) in [4.78, 5) is 22.1. The van der Waals surface area contributed by atoms with Crippen LogP contribution in [0.4, 0.5) is 5.69 Å². The average molecular weight is 329 g/mol. The van der Waals surface area contributed by atoms with E-state index in [9.17, 15) is 9.59 Å². The zero-order chi connectivity index (χ0) is 17.5. The van der Waals surface area contributed by atoms with Gasteiger partial charge in [0.05, 0.1) is 0 Å². The summed E-state index contributed by atoms with van der Waals surface area (Å²) in [5, 5.41) is 2.92. The van der Waals surface area contributed by atoms with Crippen LogP contribution in [0.1, 0.15) is 76.7 Å². The van der Waals surface area contributed by atoms with Crippen molar-refractivity contribution in [1.82, 2.24) is 0 Å². The van der Waals surface area contributed by atoms with Crippen LogP contribution in [0.25, 0.3) is 0 Å². The molecule has 1 aromatic carbocycles. The van der Waals surface area contributed by atoms with Gasteiger partial charge in [-0.1, -0.05) is 70.4 Å². The Hall–Kier alpha value is -1.86. The normalized spacial score (nSPS) is 10.2. The quantitative estimate of drug-likeness (QED) is 0.385. The van der Waals surface area contributed by atoms with Crippen LogP contribution in [0.3, 0.4) is 0 Å². The second-order valence-corrected chi connectivity index (χ2v) is 6.35. The summed E-state index contributed by atoms with van der Waals surface area (Å²) >= 11 is 0. The van der Waals surface area contributed by atoms with Gasteiger partial charge in [0.2, 0.25) is 5.91 Å². The van der Waals surface area contributed by atoms with E-state index in [1.54, 1.807) is 5.94 Å². The lowest BCUT2D eigenvalue weighted by Gasteiger charge is -2.06. The SMILES string of the molecule is CCCCCCCCCCCC(=O)Nc1ccc(CC=C=O)cc1. The van der Waals surface area contributed by atoms with Gasteiger partial charge in [0, 0.05) is 24.6 Å². The number of carbonyl (C=O) groups is 1. The fraction of sp³-hybridized carbons (Fsp3) is 0.571. The maximum Gasteiger partial charge on any atom is 0.224 e. The van der Waals surface area contributed by atoms with Gasteiger partial charge in [-0.15, -0.1) is 0 Å². The van der Waals surface area contributed by atoms with Crippen LogP contribution in [-0.4, -0.2) is 11.8 Å². The first kappa shape index (κ1) is 20.2. The molecule has 0 bridgehead atoms. The molecule has 1 amide bonds. The van der Waals surface area contributed by atoms with Crippen molar-refractivity contribution in [3.05, 3.63) is 35.9 Å². The minimum Gasteiger partial charge on any atom is -0.326 e. The van der Waals surface area contributed by atoms with Crippen molar-refractivity contribution in [2.75, 3.05) is 5.32 Å². The van der Waals surface area contributed by atoms with Crippen LogP contribution in [0.5, 0.6) is 0 Å². The van der Waals surface area contributed by atoms with Gasteiger partial charge in [-0.25, -0.2) is 4.79 Å². The molecule has 0 aromatic heterocycles. The van der Waals surface area contributed by atoms with Crippen molar-refractivity contribution < 1.29 is 9.59 Å². The van der Waals surface area contributed by atoms with E-state index < -0.39 is 0 Å². The predicted molar refractivity (Wildman–Crippen MR) is 101 cm³/mol. The number of amides is 1. The molecule has 3 nitrogen and oxygen atoms in total. The summed E-state index contributed by atoms with van der Waals surface area (Å²) in [5.41, 5.74) is 1.85. The Labute approximate surface area is 146 Å². The van der Waals surface area contributed by atoms with Crippen molar-refractivity contribution >= 4 is 17.5 Å². The maximum atomic E-state index is 11.9. The molecule has 0 fully saturated rings. The van der Waals surface area contributed by atoms with Gasteiger partial charge in [-0.3, -0.25) is 4.79 Å². The largest absolute Gasteiger partial charge is 0.326 e. The van der Waals surface area contributed by atoms with E-state index in [4.69, 9.17) is 0 Å². The first-order valence-electron chi connectivity index (χ1n) is 9.34. The minimum atomic E-state index is 0.0819. The number of nitrogens with one attached hydrogen (secondary N) is 1. The van der Waals surface area contributed by atoms with E-state index >= 15 is 0 Å². The fourth-order valence-electron chi connectivity index (χ4n) is 2.70. The number of hydrogen-bond donors (Lipinski definition) is 1. The van der Waals surface area contributed by atoms with E-state index in [1.807, 2.05) is 24.3 Å². The zero-order valence-electron chi connectivity index (χ0n) is 15.0. The summed E-state index contributed by atoms with van der Waals surface area (Å²) in [6.45, 7) is 2.24. The van der Waals surface area contributed by atoms with Gasteiger partial charge in [0.25, 0.3) is 0 Å². The molecule has 1 aromatic rings. The van der Waals surface area contributed by atoms with Crippen LogP contribution in [0, 0.1) is 0 Å². The molecule has 0 saturated carbocycles. The molecule has 0 saturated heterocycles. The molecule has 0 aliphatic carbocycles. The van der Waals surface area contributed by atoms with Crippen LogP contribution < -0.4 is 5.32 Å². The summed E-state index contributed by atoms with van der Waals surface area (Å²) < 4.78 is 0. The second-order valence-electron chi connectivity index (χ2n) is 6.35. The minimum absolute atomic E-state index is 0.0819. The number of rotatable bonds is 13. The highest BCUT2D eigenvalue weighted by atomic mass is 16.1. The number of anilines is 1. The Morgan fingerprint density at radius 1 is 0.958 bits per heavy atom. The molecular formula is C21H31NO2. The molecule has 3 heteroatoms. The van der Waals surface area contributed by atoms with Gasteiger partial charge in [-0.05, 0) is 24.1 Å². The number of hydrogen-bond acceptors (Lipinski definition) is 2. The topological polar surface area (TPSA) is 46.2 Å². The molecule has 1 N–H and O–H groups in total. The zero-order valence-corrected chi connectivity index (χ0v) is 15.0. The second kappa shape index (κ2) is 13.6. The lowest BCUT2D eigenvalue weighted by Crippen LogP contribution is -2.10. The van der Waals surface area contributed by atoms with Crippen LogP contribution >= 0.6 is 0 Å². The average Bonchev–Trinajstić information content (AvgIpc) is 2.60. The number of allylic oxidation sites excluding steroid dienone is 1. The first-order valence-corrected chi connectivity index (χ1v) is 9.34. The highest BCUT2D eigenvalue weighted by Crippen LogP contribution is 2.13. The van der Waals surface area contributed by atoms with Gasteiger partial charge < -0.3 is 5.32 Å². The summed E-state index contributed by atoms with van der Waals surface area (Å²) in [6, 6.07) is 7.59. The Kier molecular flexibility index (Phi) is 11.4. The standard InChI is InChI=1S/C21H31NO2/c1-2-3-4-5-6-7-8-9-10-13-21(24)22-20-16-14-19(15-17-20)12-11-18-23/h11,14-17H,2-10,12-13H2,1H3,(H,22,24). The lowest BCUT2D eigenvalue weighted by atomic mass is 10.1. The summed E-state index contributed by atoms with van der Waals surface area (Å²) in [6.07, 6.45) is 14.0. The highest BCUT2D eigenvalue weighted by Gasteiger charge is 2.02. The van der Waals surface area contributed by atoms with Crippen molar-refractivity contribution in [3.63, 3.8) is 0 Å². The monoisotopic (exact) mass is 329 g/mol. The van der Waals surface area contributed by atoms with Crippen molar-refractivity contribution in [2.24, 2.45) is 0 Å². The van der Waals surface area contributed by atoms with E-state index in [0.717, 1.165) is 24.1 Å². The van der Waals surface area contributed by atoms with Crippen LogP contribution in [-0.2, 0) is 16.0 Å². The fourth-order valence-corrected chi connectivity index (χ4v) is 2.70. The smallest absolute Gasteiger partial charge is 0.224 e. The number of benzene rings is 1. The van der Waals surface area contributed by atoms with E-state index in [2.05, 4.69) is 12.2 Å². The van der Waals surface area contributed by atoms with E-state index in [1.165, 1.54) is 51.0 Å². The Balaban J connectivity index is 2.08. The molecule has 0 radical (unpaired) electrons. The van der Waals surface area contributed by atoms with Gasteiger partial charge in [0.1, 0.15) is 5.94 Å². The molecule has 0 aliphatic rings. The van der Waals surface area contributed by atoms with E-state index in [-0.39, 0.29) is 5.91 Å². The predicted octanol–water partition coefficient (Wildman–Crippen LogP) is 5.48. The van der Waals surface area contributed by atoms with Crippen molar-refractivity contribution in [2.45, 2.75) is 77.6 Å². The Morgan fingerprint density at radius 2 is 1.54 bits per heavy atom. The van der Waals surface area contributed by atoms with Gasteiger partial charge in [0.15, 0.2) is 0 Å². The molecule has 24 heavy (non-hydrogen) atoms. The molecule has 132 valence electrons. The van der Waals surface area contributed by atoms with Gasteiger partial charge in [-0.2, -0.15) is 0 Å². The van der Waals surface area contributed by atoms with Gasteiger partial charge >= 0.3 is 0 Å². The van der Waals surface area contributed by atoms with Crippen LogP contribution in [0.15, 0.2) is 30.3 Å². The molecule has 0 aliphatic heterocycles.